The molecular weight excluding hydrogens is 499 g/mol. The Morgan fingerprint density at radius 1 is 1.11 bits per heavy atom. The molecule has 3 aromatic rings. The number of ether oxygens (including phenoxy) is 3. The normalized spacial score (nSPS) is 26.7. The molecule has 37 heavy (non-hydrogen) atoms. The summed E-state index contributed by atoms with van der Waals surface area (Å²) in [4.78, 5) is 8.87. The molecule has 2 unspecified atom stereocenters. The largest absolute Gasteiger partial charge is 0.483 e. The summed E-state index contributed by atoms with van der Waals surface area (Å²) in [5.74, 6) is 1.62. The van der Waals surface area contributed by atoms with Crippen molar-refractivity contribution in [1.29, 1.82) is 0 Å². The molecule has 3 aliphatic rings. The summed E-state index contributed by atoms with van der Waals surface area (Å²) in [7, 11) is -2.24. The molecule has 0 radical (unpaired) electrons. The van der Waals surface area contributed by atoms with E-state index in [1.807, 2.05) is 19.1 Å². The second kappa shape index (κ2) is 9.79. The van der Waals surface area contributed by atoms with Crippen LogP contribution in [0.4, 0.5) is 21.6 Å². The van der Waals surface area contributed by atoms with Crippen molar-refractivity contribution in [2.75, 3.05) is 30.0 Å². The minimum Gasteiger partial charge on any atom is -0.483 e. The van der Waals surface area contributed by atoms with Crippen molar-refractivity contribution >= 4 is 37.8 Å². The zero-order valence-corrected chi connectivity index (χ0v) is 21.2. The van der Waals surface area contributed by atoms with Crippen LogP contribution in [0.2, 0.25) is 0 Å². The molecule has 9 nitrogen and oxygen atoms in total. The highest BCUT2D eigenvalue weighted by Gasteiger charge is 2.48. The summed E-state index contributed by atoms with van der Waals surface area (Å²) in [5, 5.41) is 14.1. The number of hydrogen-bond donors (Lipinski definition) is 2. The van der Waals surface area contributed by atoms with E-state index in [0.29, 0.717) is 34.2 Å². The maximum absolute atomic E-state index is 14.2. The number of halogens is 1. The van der Waals surface area contributed by atoms with Gasteiger partial charge in [-0.25, -0.2) is 18.6 Å². The quantitative estimate of drug-likeness (QED) is 0.511. The molecular formula is C26H29FN4O5S. The summed E-state index contributed by atoms with van der Waals surface area (Å²) in [6, 6.07) is 7.96. The molecule has 0 bridgehead atoms. The van der Waals surface area contributed by atoms with Crippen molar-refractivity contribution in [2.45, 2.75) is 50.6 Å². The Labute approximate surface area is 214 Å². The molecule has 0 saturated carbocycles. The number of fused-ring (bicyclic) bond motifs is 2. The van der Waals surface area contributed by atoms with Gasteiger partial charge in [-0.15, -0.1) is 0 Å². The number of aliphatic hydroxyl groups excluding tert-OH is 1. The fourth-order valence-corrected chi connectivity index (χ4v) is 7.46. The van der Waals surface area contributed by atoms with Crippen molar-refractivity contribution in [3.8, 4) is 5.75 Å². The Balaban J connectivity index is 1.31. The maximum Gasteiger partial charge on any atom is 0.151 e. The zero-order chi connectivity index (χ0) is 25.6. The molecule has 3 aliphatic heterocycles. The fraction of sp³-hybridized carbons (Fsp3) is 0.462. The third kappa shape index (κ3) is 4.88. The molecule has 2 N–H and O–H groups in total. The fourth-order valence-electron chi connectivity index (χ4n) is 5.27. The van der Waals surface area contributed by atoms with Gasteiger partial charge >= 0.3 is 0 Å². The molecule has 3 saturated heterocycles. The van der Waals surface area contributed by atoms with Gasteiger partial charge in [-0.2, -0.15) is 4.36 Å². The minimum absolute atomic E-state index is 0.179. The van der Waals surface area contributed by atoms with Gasteiger partial charge in [0.2, 0.25) is 0 Å². The Hall–Kier alpha value is -2.86. The van der Waals surface area contributed by atoms with Crippen LogP contribution in [0, 0.1) is 12.7 Å². The number of nitrogens with zero attached hydrogens (tertiary/aromatic N) is 3. The van der Waals surface area contributed by atoms with E-state index in [0.717, 1.165) is 30.2 Å². The summed E-state index contributed by atoms with van der Waals surface area (Å²) in [6.45, 7) is 2.34. The lowest BCUT2D eigenvalue weighted by molar-refractivity contribution is 0.00871. The second-order valence-electron chi connectivity index (χ2n) is 9.80. The summed E-state index contributed by atoms with van der Waals surface area (Å²) in [5.41, 5.74) is 2.71. The van der Waals surface area contributed by atoms with E-state index in [4.69, 9.17) is 14.2 Å². The third-order valence-corrected chi connectivity index (χ3v) is 9.47. The van der Waals surface area contributed by atoms with Gasteiger partial charge in [0, 0.05) is 23.0 Å². The van der Waals surface area contributed by atoms with Gasteiger partial charge < -0.3 is 24.6 Å². The van der Waals surface area contributed by atoms with E-state index in [-0.39, 0.29) is 19.0 Å². The molecule has 0 spiro atoms. The van der Waals surface area contributed by atoms with Gasteiger partial charge in [0.05, 0.1) is 39.8 Å². The molecule has 0 aliphatic carbocycles. The van der Waals surface area contributed by atoms with Gasteiger partial charge in [0.25, 0.3) is 0 Å². The van der Waals surface area contributed by atoms with E-state index >= 15 is 0 Å². The summed E-state index contributed by atoms with van der Waals surface area (Å²) < 4.78 is 49.4. The topological polar surface area (TPSA) is 115 Å². The van der Waals surface area contributed by atoms with Crippen LogP contribution in [0.25, 0.3) is 10.9 Å². The molecule has 1 aromatic heterocycles. The number of aromatic nitrogens is 2. The van der Waals surface area contributed by atoms with Crippen LogP contribution in [0.3, 0.4) is 0 Å². The Morgan fingerprint density at radius 2 is 1.92 bits per heavy atom. The Kier molecular flexibility index (Phi) is 6.47. The van der Waals surface area contributed by atoms with Crippen LogP contribution in [0.5, 0.6) is 5.75 Å². The van der Waals surface area contributed by atoms with Crippen LogP contribution in [0.1, 0.15) is 24.8 Å². The second-order valence-corrected chi connectivity index (χ2v) is 12.3. The molecule has 2 aromatic carbocycles. The smallest absolute Gasteiger partial charge is 0.151 e. The average molecular weight is 529 g/mol. The third-order valence-electron chi connectivity index (χ3n) is 7.08. The first-order valence-electron chi connectivity index (χ1n) is 12.5. The van der Waals surface area contributed by atoms with E-state index in [1.54, 1.807) is 6.07 Å². The highest BCUT2D eigenvalue weighted by molar-refractivity contribution is 7.93. The number of anilines is 2. The van der Waals surface area contributed by atoms with Crippen molar-refractivity contribution < 1.29 is 27.9 Å². The standard InChI is InChI=1S/C26H29FN4O5S/c1-15-9-17(31-37(33)7-3-2-4-8-37)11-19-23(15)26(29-14-28-19)30-18-6-5-16(27)10-21(18)36-22-13-35-24-20(32)12-34-25(22)24/h5-6,9-11,14,20,22,24-25,32H,2-4,7-8,12-13H2,1H3,(H,28,29,30)/t20-,22-,24?,25?/m1/s1. The lowest BCUT2D eigenvalue weighted by Crippen LogP contribution is -2.34. The van der Waals surface area contributed by atoms with Crippen molar-refractivity contribution in [3.05, 3.63) is 48.0 Å². The van der Waals surface area contributed by atoms with E-state index in [2.05, 4.69) is 19.6 Å². The molecule has 6 rings (SSSR count). The number of aryl methyl sites for hydroxylation is 1. The number of nitrogens with one attached hydrogen (secondary N) is 1. The highest BCUT2D eigenvalue weighted by atomic mass is 32.2. The minimum atomic E-state index is -2.24. The maximum atomic E-state index is 14.2. The summed E-state index contributed by atoms with van der Waals surface area (Å²) >= 11 is 0. The highest BCUT2D eigenvalue weighted by Crippen LogP contribution is 2.36. The number of benzene rings is 2. The van der Waals surface area contributed by atoms with Crippen LogP contribution >= 0.6 is 0 Å². The van der Waals surface area contributed by atoms with Gasteiger partial charge in [-0.3, -0.25) is 0 Å². The molecule has 3 fully saturated rings. The average Bonchev–Trinajstić information content (AvgIpc) is 3.44. The van der Waals surface area contributed by atoms with E-state index < -0.39 is 40.0 Å². The first-order chi connectivity index (χ1) is 17.9. The van der Waals surface area contributed by atoms with Crippen LogP contribution in [0.15, 0.2) is 41.0 Å². The SMILES string of the molecule is Cc1cc(N=S2(=O)CCCCC2)cc2ncnc(Nc3ccc(F)cc3O[C@@H]3COC4C3OC[C@H]4O)c12. The Bertz CT molecular complexity index is 1450. The summed E-state index contributed by atoms with van der Waals surface area (Å²) in [6.07, 6.45) is 2.36. The predicted molar refractivity (Wildman–Crippen MR) is 138 cm³/mol. The molecule has 4 atom stereocenters. The lowest BCUT2D eigenvalue weighted by Gasteiger charge is -2.21. The van der Waals surface area contributed by atoms with Gasteiger partial charge in [-0.1, -0.05) is 6.42 Å². The van der Waals surface area contributed by atoms with Crippen LogP contribution in [-0.4, -0.2) is 68.4 Å². The Morgan fingerprint density at radius 3 is 2.76 bits per heavy atom. The molecule has 196 valence electrons. The lowest BCUT2D eigenvalue weighted by atomic mass is 10.1. The monoisotopic (exact) mass is 528 g/mol. The van der Waals surface area contributed by atoms with Gasteiger partial charge in [0.15, 0.2) is 6.10 Å². The zero-order valence-electron chi connectivity index (χ0n) is 20.4. The van der Waals surface area contributed by atoms with Gasteiger partial charge in [-0.05, 0) is 49.6 Å². The van der Waals surface area contributed by atoms with E-state index in [1.165, 1.54) is 18.5 Å². The first-order valence-corrected chi connectivity index (χ1v) is 14.4. The number of aliphatic hydroxyl groups is 1. The van der Waals surface area contributed by atoms with Crippen molar-refractivity contribution in [2.24, 2.45) is 4.36 Å². The number of hydrogen-bond acceptors (Lipinski definition) is 9. The molecule has 11 heteroatoms. The molecule has 0 amide bonds. The van der Waals surface area contributed by atoms with Gasteiger partial charge in [0.1, 0.15) is 42.0 Å². The van der Waals surface area contributed by atoms with Crippen molar-refractivity contribution in [1.82, 2.24) is 9.97 Å². The molecule has 4 heterocycles. The first kappa shape index (κ1) is 24.5. The van der Waals surface area contributed by atoms with Crippen LogP contribution < -0.4 is 10.1 Å². The predicted octanol–water partition coefficient (Wildman–Crippen LogP) is 4.01. The van der Waals surface area contributed by atoms with Crippen LogP contribution in [-0.2, 0) is 19.2 Å². The van der Waals surface area contributed by atoms with Crippen molar-refractivity contribution in [3.63, 3.8) is 0 Å². The number of rotatable bonds is 5. The van der Waals surface area contributed by atoms with E-state index in [9.17, 15) is 13.7 Å².